The number of aromatic nitrogens is 3. The van der Waals surface area contributed by atoms with E-state index in [0.717, 1.165) is 11.4 Å². The number of rotatable bonds is 7. The molecule has 0 bridgehead atoms. The van der Waals surface area contributed by atoms with Crippen LogP contribution in [-0.4, -0.2) is 39.5 Å². The minimum absolute atomic E-state index is 0.400. The number of anilines is 1. The molecule has 1 aromatic carbocycles. The Bertz CT molecular complexity index is 596. The normalized spacial score (nSPS) is 12.1. The fourth-order valence-corrected chi connectivity index (χ4v) is 1.98. The quantitative estimate of drug-likeness (QED) is 0.586. The van der Waals surface area contributed by atoms with Gasteiger partial charge in [-0.1, -0.05) is 12.1 Å². The van der Waals surface area contributed by atoms with Crippen molar-refractivity contribution in [3.8, 4) is 5.75 Å². The van der Waals surface area contributed by atoms with Gasteiger partial charge in [-0.3, -0.25) is 5.10 Å². The molecule has 0 amide bonds. The third-order valence-electron chi connectivity index (χ3n) is 2.69. The van der Waals surface area contributed by atoms with Crippen LogP contribution in [0.1, 0.15) is 12.7 Å². The SMILES string of the molecule is CCOc1ccccc1NCC(O)Cc1n[nH]c(=S)[nH]1. The van der Waals surface area contributed by atoms with Crippen LogP contribution in [0.5, 0.6) is 5.75 Å². The molecule has 108 valence electrons. The first-order chi connectivity index (χ1) is 9.69. The lowest BCUT2D eigenvalue weighted by Gasteiger charge is -2.14. The van der Waals surface area contributed by atoms with Gasteiger partial charge in [-0.2, -0.15) is 5.10 Å². The third-order valence-corrected chi connectivity index (χ3v) is 2.89. The fourth-order valence-electron chi connectivity index (χ4n) is 1.82. The lowest BCUT2D eigenvalue weighted by atomic mass is 10.2. The summed E-state index contributed by atoms with van der Waals surface area (Å²) in [6.07, 6.45) is -0.171. The molecule has 6 nitrogen and oxygen atoms in total. The van der Waals surface area contributed by atoms with Gasteiger partial charge in [-0.15, -0.1) is 0 Å². The summed E-state index contributed by atoms with van der Waals surface area (Å²) in [5, 5.41) is 19.7. The predicted molar refractivity (Wildman–Crippen MR) is 79.6 cm³/mol. The molecule has 20 heavy (non-hydrogen) atoms. The maximum Gasteiger partial charge on any atom is 0.192 e. The van der Waals surface area contributed by atoms with Crippen LogP contribution in [0.15, 0.2) is 24.3 Å². The van der Waals surface area contributed by atoms with Crippen LogP contribution in [-0.2, 0) is 6.42 Å². The van der Waals surface area contributed by atoms with Gasteiger partial charge < -0.3 is 20.1 Å². The summed E-state index contributed by atoms with van der Waals surface area (Å²) in [6, 6.07) is 7.64. The topological polar surface area (TPSA) is 86.0 Å². The standard InChI is InChI=1S/C13H18N4O2S/c1-2-19-11-6-4-3-5-10(11)14-8-9(18)7-12-15-13(20)17-16-12/h3-6,9,14,18H,2,7-8H2,1H3,(H2,15,16,17,20). The smallest absolute Gasteiger partial charge is 0.192 e. The maximum absolute atomic E-state index is 9.98. The van der Waals surface area contributed by atoms with Crippen LogP contribution in [0.3, 0.4) is 0 Å². The minimum atomic E-state index is -0.571. The van der Waals surface area contributed by atoms with Crippen LogP contribution in [0.25, 0.3) is 0 Å². The molecule has 0 radical (unpaired) electrons. The molecule has 7 heteroatoms. The van der Waals surface area contributed by atoms with E-state index in [4.69, 9.17) is 17.0 Å². The summed E-state index contributed by atoms with van der Waals surface area (Å²) >= 11 is 4.89. The van der Waals surface area contributed by atoms with Gasteiger partial charge in [0.15, 0.2) is 4.77 Å². The number of ether oxygens (including phenoxy) is 1. The number of hydrogen-bond donors (Lipinski definition) is 4. The Morgan fingerprint density at radius 1 is 1.45 bits per heavy atom. The van der Waals surface area contributed by atoms with Crippen molar-refractivity contribution in [3.05, 3.63) is 34.9 Å². The largest absolute Gasteiger partial charge is 0.492 e. The maximum atomic E-state index is 9.98. The lowest BCUT2D eigenvalue weighted by molar-refractivity contribution is 0.185. The number of benzene rings is 1. The van der Waals surface area contributed by atoms with Gasteiger partial charge in [0.1, 0.15) is 11.6 Å². The molecule has 0 fully saturated rings. The van der Waals surface area contributed by atoms with Crippen molar-refractivity contribution in [3.63, 3.8) is 0 Å². The van der Waals surface area contributed by atoms with Crippen LogP contribution in [0.2, 0.25) is 0 Å². The fraction of sp³-hybridized carbons (Fsp3) is 0.385. The lowest BCUT2D eigenvalue weighted by Crippen LogP contribution is -2.22. The van der Waals surface area contributed by atoms with E-state index in [1.165, 1.54) is 0 Å². The average Bonchev–Trinajstić information content (AvgIpc) is 2.83. The first-order valence-corrected chi connectivity index (χ1v) is 6.87. The van der Waals surface area contributed by atoms with Gasteiger partial charge in [0.05, 0.1) is 18.4 Å². The second-order valence-electron chi connectivity index (χ2n) is 4.29. The Kier molecular flexibility index (Phi) is 5.14. The first-order valence-electron chi connectivity index (χ1n) is 6.46. The minimum Gasteiger partial charge on any atom is -0.492 e. The molecular formula is C13H18N4O2S. The molecule has 0 saturated heterocycles. The summed E-state index contributed by atoms with van der Waals surface area (Å²) in [4.78, 5) is 2.87. The van der Waals surface area contributed by atoms with Crippen LogP contribution >= 0.6 is 12.2 Å². The summed E-state index contributed by atoms with van der Waals surface area (Å²) in [5.41, 5.74) is 0.864. The Morgan fingerprint density at radius 2 is 2.25 bits per heavy atom. The van der Waals surface area contributed by atoms with Gasteiger partial charge >= 0.3 is 0 Å². The van der Waals surface area contributed by atoms with Crippen molar-refractivity contribution < 1.29 is 9.84 Å². The van der Waals surface area contributed by atoms with E-state index in [2.05, 4.69) is 20.5 Å². The van der Waals surface area contributed by atoms with E-state index in [9.17, 15) is 5.11 Å². The zero-order valence-electron chi connectivity index (χ0n) is 11.2. The molecule has 2 aromatic rings. The van der Waals surface area contributed by atoms with Gasteiger partial charge in [-0.25, -0.2) is 0 Å². The number of H-pyrrole nitrogens is 2. The number of aliphatic hydroxyl groups is 1. The number of aromatic amines is 2. The van der Waals surface area contributed by atoms with Crippen molar-refractivity contribution in [1.29, 1.82) is 0 Å². The molecule has 4 N–H and O–H groups in total. The summed E-state index contributed by atoms with van der Waals surface area (Å²) in [6.45, 7) is 2.94. The highest BCUT2D eigenvalue weighted by molar-refractivity contribution is 7.71. The Labute approximate surface area is 122 Å². The van der Waals surface area contributed by atoms with Crippen molar-refractivity contribution >= 4 is 17.9 Å². The van der Waals surface area contributed by atoms with Gasteiger partial charge in [0.2, 0.25) is 0 Å². The molecular weight excluding hydrogens is 276 g/mol. The summed E-state index contributed by atoms with van der Waals surface area (Å²) < 4.78 is 5.97. The van der Waals surface area contributed by atoms with Crippen LogP contribution < -0.4 is 10.1 Å². The van der Waals surface area contributed by atoms with Crippen molar-refractivity contribution in [2.75, 3.05) is 18.5 Å². The van der Waals surface area contributed by atoms with E-state index in [1.807, 2.05) is 31.2 Å². The molecule has 2 rings (SSSR count). The Morgan fingerprint density at radius 3 is 2.95 bits per heavy atom. The highest BCUT2D eigenvalue weighted by Gasteiger charge is 2.09. The molecule has 1 aromatic heterocycles. The molecule has 1 unspecified atom stereocenters. The zero-order chi connectivity index (χ0) is 14.4. The first kappa shape index (κ1) is 14.5. The number of nitrogens with zero attached hydrogens (tertiary/aromatic N) is 1. The average molecular weight is 294 g/mol. The van der Waals surface area contributed by atoms with E-state index in [-0.39, 0.29) is 0 Å². The molecule has 0 aliphatic carbocycles. The highest BCUT2D eigenvalue weighted by atomic mass is 32.1. The van der Waals surface area contributed by atoms with Crippen molar-refractivity contribution in [2.24, 2.45) is 0 Å². The van der Waals surface area contributed by atoms with Crippen LogP contribution in [0.4, 0.5) is 5.69 Å². The van der Waals surface area contributed by atoms with Crippen molar-refractivity contribution in [1.82, 2.24) is 15.2 Å². The number of hydrogen-bond acceptors (Lipinski definition) is 5. The van der Waals surface area contributed by atoms with Gasteiger partial charge in [0, 0.05) is 13.0 Å². The number of nitrogens with one attached hydrogen (secondary N) is 3. The third kappa shape index (κ3) is 4.07. The van der Waals surface area contributed by atoms with E-state index < -0.39 is 6.10 Å². The molecule has 1 heterocycles. The van der Waals surface area contributed by atoms with E-state index >= 15 is 0 Å². The second-order valence-corrected chi connectivity index (χ2v) is 4.70. The van der Waals surface area contributed by atoms with Crippen LogP contribution in [0, 0.1) is 4.77 Å². The molecule has 1 atom stereocenters. The van der Waals surface area contributed by atoms with Gasteiger partial charge in [-0.05, 0) is 31.3 Å². The molecule has 0 aliphatic rings. The van der Waals surface area contributed by atoms with Crippen molar-refractivity contribution in [2.45, 2.75) is 19.4 Å². The molecule has 0 aliphatic heterocycles. The Balaban J connectivity index is 1.89. The summed E-state index contributed by atoms with van der Waals surface area (Å²) in [7, 11) is 0. The van der Waals surface area contributed by atoms with Gasteiger partial charge in [0.25, 0.3) is 0 Å². The molecule has 0 spiro atoms. The predicted octanol–water partition coefficient (Wildman–Crippen LogP) is 1.88. The number of para-hydroxylation sites is 2. The molecule has 0 saturated carbocycles. The number of aliphatic hydroxyl groups excluding tert-OH is 1. The Hall–Kier alpha value is -1.86. The highest BCUT2D eigenvalue weighted by Crippen LogP contribution is 2.23. The zero-order valence-corrected chi connectivity index (χ0v) is 12.0. The van der Waals surface area contributed by atoms with E-state index in [0.29, 0.717) is 30.2 Å². The monoisotopic (exact) mass is 294 g/mol. The second kappa shape index (κ2) is 7.06. The summed E-state index contributed by atoms with van der Waals surface area (Å²) in [5.74, 6) is 1.42. The van der Waals surface area contributed by atoms with E-state index in [1.54, 1.807) is 0 Å².